The number of likely N-dealkylation sites (tertiary alicyclic amines) is 1. The number of nitrogen functional groups attached to an aromatic ring is 1. The molecule has 0 atom stereocenters. The Morgan fingerprint density at radius 3 is 2.77 bits per heavy atom. The van der Waals surface area contributed by atoms with Gasteiger partial charge in [0.1, 0.15) is 0 Å². The maximum atomic E-state index is 10.7. The number of carbonyl (C=O) groups excluding carboxylic acids is 1. The summed E-state index contributed by atoms with van der Waals surface area (Å²) in [5.41, 5.74) is 7.78. The van der Waals surface area contributed by atoms with E-state index in [1.54, 1.807) is 17.0 Å². The lowest BCUT2D eigenvalue weighted by Crippen LogP contribution is -2.31. The average molecular weight is 299 g/mol. The van der Waals surface area contributed by atoms with Gasteiger partial charge in [0.2, 0.25) is 6.41 Å². The van der Waals surface area contributed by atoms with Gasteiger partial charge in [-0.25, -0.2) is 0 Å². The Labute approximate surface area is 127 Å². The minimum atomic E-state index is 0.215. The molecule has 0 aliphatic carbocycles. The van der Waals surface area contributed by atoms with Gasteiger partial charge in [-0.1, -0.05) is 11.2 Å². The molecule has 2 aromatic rings. The molecule has 0 spiro atoms. The van der Waals surface area contributed by atoms with Crippen molar-refractivity contribution in [1.82, 2.24) is 15.0 Å². The zero-order valence-electron chi connectivity index (χ0n) is 12.0. The summed E-state index contributed by atoms with van der Waals surface area (Å²) in [5, 5.41) is 11.3. The summed E-state index contributed by atoms with van der Waals surface area (Å²) in [6.45, 7) is 1.44. The minimum Gasteiger partial charge on any atom is -0.398 e. The highest BCUT2D eigenvalue weighted by molar-refractivity contribution is 5.86. The monoisotopic (exact) mass is 299 g/mol. The fourth-order valence-electron chi connectivity index (χ4n) is 2.62. The van der Waals surface area contributed by atoms with E-state index in [-0.39, 0.29) is 5.92 Å². The SMILES string of the molecule is N=Cc1ccc(-c2nc(C3CCN(C=O)CC3)no2)cc1N. The van der Waals surface area contributed by atoms with Crippen LogP contribution in [0, 0.1) is 5.41 Å². The van der Waals surface area contributed by atoms with Crippen molar-refractivity contribution in [3.05, 3.63) is 29.6 Å². The predicted molar refractivity (Wildman–Crippen MR) is 81.6 cm³/mol. The van der Waals surface area contributed by atoms with Gasteiger partial charge in [-0.15, -0.1) is 0 Å². The van der Waals surface area contributed by atoms with Crippen molar-refractivity contribution < 1.29 is 9.32 Å². The number of anilines is 1. The van der Waals surface area contributed by atoms with E-state index in [4.69, 9.17) is 15.7 Å². The summed E-state index contributed by atoms with van der Waals surface area (Å²) >= 11 is 0. The molecule has 1 saturated heterocycles. The smallest absolute Gasteiger partial charge is 0.258 e. The zero-order chi connectivity index (χ0) is 15.5. The van der Waals surface area contributed by atoms with Crippen LogP contribution < -0.4 is 5.73 Å². The fraction of sp³-hybridized carbons (Fsp3) is 0.333. The first-order valence-corrected chi connectivity index (χ1v) is 7.14. The van der Waals surface area contributed by atoms with Crippen LogP contribution in [0.15, 0.2) is 22.7 Å². The third-order valence-electron chi connectivity index (χ3n) is 3.97. The van der Waals surface area contributed by atoms with Crippen LogP contribution in [0.25, 0.3) is 11.5 Å². The molecule has 1 aromatic heterocycles. The molecular weight excluding hydrogens is 282 g/mol. The van der Waals surface area contributed by atoms with Crippen LogP contribution in [-0.4, -0.2) is 40.8 Å². The maximum absolute atomic E-state index is 10.7. The lowest BCUT2D eigenvalue weighted by atomic mass is 9.96. The number of amides is 1. The molecule has 22 heavy (non-hydrogen) atoms. The summed E-state index contributed by atoms with van der Waals surface area (Å²) in [4.78, 5) is 16.9. The van der Waals surface area contributed by atoms with Crippen molar-refractivity contribution in [2.75, 3.05) is 18.8 Å². The molecule has 3 rings (SSSR count). The first kappa shape index (κ1) is 14.2. The number of aromatic nitrogens is 2. The summed E-state index contributed by atoms with van der Waals surface area (Å²) in [5.74, 6) is 1.32. The average Bonchev–Trinajstić information content (AvgIpc) is 3.05. The van der Waals surface area contributed by atoms with Crippen LogP contribution >= 0.6 is 0 Å². The van der Waals surface area contributed by atoms with Gasteiger partial charge in [0.25, 0.3) is 5.89 Å². The Hall–Kier alpha value is -2.70. The molecule has 7 heteroatoms. The van der Waals surface area contributed by atoms with E-state index in [2.05, 4.69) is 10.1 Å². The number of rotatable bonds is 4. The minimum absolute atomic E-state index is 0.215. The van der Waals surface area contributed by atoms with Gasteiger partial charge < -0.3 is 20.6 Å². The Balaban J connectivity index is 1.78. The topological polar surface area (TPSA) is 109 Å². The molecule has 3 N–H and O–H groups in total. The van der Waals surface area contributed by atoms with E-state index in [1.807, 2.05) is 6.07 Å². The lowest BCUT2D eigenvalue weighted by molar-refractivity contribution is -0.119. The second kappa shape index (κ2) is 5.97. The molecule has 1 aliphatic heterocycles. The summed E-state index contributed by atoms with van der Waals surface area (Å²) in [6.07, 6.45) is 3.77. The van der Waals surface area contributed by atoms with E-state index in [0.29, 0.717) is 23.0 Å². The molecule has 2 heterocycles. The Morgan fingerprint density at radius 2 is 2.14 bits per heavy atom. The largest absolute Gasteiger partial charge is 0.398 e. The van der Waals surface area contributed by atoms with Crippen molar-refractivity contribution >= 4 is 18.3 Å². The van der Waals surface area contributed by atoms with Gasteiger partial charge in [0, 0.05) is 42.0 Å². The molecule has 1 aliphatic rings. The quantitative estimate of drug-likeness (QED) is 0.507. The van der Waals surface area contributed by atoms with Crippen molar-refractivity contribution in [2.24, 2.45) is 0 Å². The maximum Gasteiger partial charge on any atom is 0.258 e. The van der Waals surface area contributed by atoms with Gasteiger partial charge >= 0.3 is 0 Å². The third kappa shape index (κ3) is 2.69. The van der Waals surface area contributed by atoms with E-state index >= 15 is 0 Å². The number of hydrogen-bond donors (Lipinski definition) is 2. The van der Waals surface area contributed by atoms with Crippen LogP contribution in [0.5, 0.6) is 0 Å². The number of piperidine rings is 1. The van der Waals surface area contributed by atoms with Crippen molar-refractivity contribution in [3.8, 4) is 11.5 Å². The summed E-state index contributed by atoms with van der Waals surface area (Å²) in [6, 6.07) is 5.29. The van der Waals surface area contributed by atoms with Gasteiger partial charge in [0.05, 0.1) is 0 Å². The molecule has 0 radical (unpaired) electrons. The Morgan fingerprint density at radius 1 is 1.36 bits per heavy atom. The fourth-order valence-corrected chi connectivity index (χ4v) is 2.62. The van der Waals surface area contributed by atoms with Crippen molar-refractivity contribution in [1.29, 1.82) is 5.41 Å². The van der Waals surface area contributed by atoms with Crippen LogP contribution in [0.3, 0.4) is 0 Å². The lowest BCUT2D eigenvalue weighted by Gasteiger charge is -2.27. The van der Waals surface area contributed by atoms with Gasteiger partial charge in [-0.3, -0.25) is 4.79 Å². The Kier molecular flexibility index (Phi) is 3.86. The second-order valence-corrected chi connectivity index (χ2v) is 5.36. The van der Waals surface area contributed by atoms with Gasteiger partial charge in [-0.2, -0.15) is 4.98 Å². The van der Waals surface area contributed by atoms with Crippen LogP contribution in [0.1, 0.15) is 30.1 Å². The standard InChI is InChI=1S/C15H17N5O2/c16-8-12-2-1-11(7-13(12)17)15-18-14(19-22-15)10-3-5-20(9-21)6-4-10/h1-2,7-10,16H,3-6,17H2. The molecule has 7 nitrogen and oxygen atoms in total. The molecule has 1 amide bonds. The molecule has 1 fully saturated rings. The molecule has 0 unspecified atom stereocenters. The molecule has 114 valence electrons. The van der Waals surface area contributed by atoms with Crippen LogP contribution in [0.4, 0.5) is 5.69 Å². The van der Waals surface area contributed by atoms with E-state index in [9.17, 15) is 4.79 Å². The second-order valence-electron chi connectivity index (χ2n) is 5.36. The first-order valence-electron chi connectivity index (χ1n) is 7.14. The molecule has 0 saturated carbocycles. The summed E-state index contributed by atoms with van der Waals surface area (Å²) < 4.78 is 5.33. The number of nitrogens with two attached hydrogens (primary N) is 1. The van der Waals surface area contributed by atoms with Crippen LogP contribution in [-0.2, 0) is 4.79 Å². The van der Waals surface area contributed by atoms with E-state index in [0.717, 1.165) is 37.9 Å². The molecular formula is C15H17N5O2. The van der Waals surface area contributed by atoms with Crippen molar-refractivity contribution in [2.45, 2.75) is 18.8 Å². The van der Waals surface area contributed by atoms with Gasteiger partial charge in [-0.05, 0) is 25.0 Å². The number of carbonyl (C=O) groups is 1. The number of nitrogens with one attached hydrogen (secondary N) is 1. The predicted octanol–water partition coefficient (Wildman–Crippen LogP) is 1.65. The molecule has 1 aromatic carbocycles. The first-order chi connectivity index (χ1) is 10.7. The normalized spacial score (nSPS) is 15.7. The van der Waals surface area contributed by atoms with Gasteiger partial charge in [0.15, 0.2) is 5.82 Å². The van der Waals surface area contributed by atoms with Crippen LogP contribution in [0.2, 0.25) is 0 Å². The number of nitrogens with zero attached hydrogens (tertiary/aromatic N) is 3. The third-order valence-corrected chi connectivity index (χ3v) is 3.97. The van der Waals surface area contributed by atoms with Crippen molar-refractivity contribution in [3.63, 3.8) is 0 Å². The number of hydrogen-bond acceptors (Lipinski definition) is 6. The highest BCUT2D eigenvalue weighted by Crippen LogP contribution is 2.28. The highest BCUT2D eigenvalue weighted by Gasteiger charge is 2.24. The molecule has 0 bridgehead atoms. The Bertz CT molecular complexity index is 689. The zero-order valence-corrected chi connectivity index (χ0v) is 12.0. The van der Waals surface area contributed by atoms with E-state index in [1.165, 1.54) is 6.21 Å². The summed E-state index contributed by atoms with van der Waals surface area (Å²) in [7, 11) is 0. The highest BCUT2D eigenvalue weighted by atomic mass is 16.5. The van der Waals surface area contributed by atoms with E-state index < -0.39 is 0 Å². The number of benzene rings is 1.